The minimum Gasteiger partial charge on any atom is -0.361 e. The second-order valence-corrected chi connectivity index (χ2v) is 5.11. The van der Waals surface area contributed by atoms with Crippen molar-refractivity contribution >= 4 is 0 Å². The fourth-order valence-corrected chi connectivity index (χ4v) is 3.07. The summed E-state index contributed by atoms with van der Waals surface area (Å²) in [4.78, 5) is 5.04. The summed E-state index contributed by atoms with van der Waals surface area (Å²) in [5.41, 5.74) is 1.13. The van der Waals surface area contributed by atoms with Crippen molar-refractivity contribution in [2.45, 2.75) is 31.8 Å². The first-order chi connectivity index (χ1) is 7.74. The van der Waals surface area contributed by atoms with E-state index in [2.05, 4.69) is 28.1 Å². The molecule has 0 aromatic carbocycles. The Morgan fingerprint density at radius 3 is 3.00 bits per heavy atom. The highest BCUT2D eigenvalue weighted by molar-refractivity contribution is 5.12. The average molecular weight is 221 g/mol. The standard InChI is InChI=1S/C12H19N3O/c1-9-7-11(13-16-9)12-4-3-10-8-14(2)5-6-15(10)12/h7,10,12H,3-6,8H2,1-2H3/t10-,12+/m0/s1. The van der Waals surface area contributed by atoms with E-state index in [-0.39, 0.29) is 0 Å². The van der Waals surface area contributed by atoms with E-state index >= 15 is 0 Å². The molecular weight excluding hydrogens is 202 g/mol. The SMILES string of the molecule is Cc1cc([C@H]2CC[C@H]3CN(C)CCN32)no1. The maximum Gasteiger partial charge on any atom is 0.133 e. The Balaban J connectivity index is 1.79. The summed E-state index contributed by atoms with van der Waals surface area (Å²) in [5.74, 6) is 0.924. The van der Waals surface area contributed by atoms with Gasteiger partial charge in [0.15, 0.2) is 0 Å². The molecule has 3 rings (SSSR count). The molecule has 2 aliphatic heterocycles. The van der Waals surface area contributed by atoms with Crippen molar-refractivity contribution in [1.29, 1.82) is 0 Å². The Morgan fingerprint density at radius 2 is 2.25 bits per heavy atom. The molecule has 0 saturated carbocycles. The van der Waals surface area contributed by atoms with E-state index in [1.165, 1.54) is 25.9 Å². The summed E-state index contributed by atoms with van der Waals surface area (Å²) in [6.07, 6.45) is 2.52. The summed E-state index contributed by atoms with van der Waals surface area (Å²) in [5, 5.41) is 4.18. The van der Waals surface area contributed by atoms with Crippen molar-refractivity contribution in [3.63, 3.8) is 0 Å². The highest BCUT2D eigenvalue weighted by Crippen LogP contribution is 2.37. The normalized spacial score (nSPS) is 31.9. The van der Waals surface area contributed by atoms with Gasteiger partial charge in [-0.15, -0.1) is 0 Å². The number of rotatable bonds is 1. The third-order valence-corrected chi connectivity index (χ3v) is 3.89. The summed E-state index contributed by atoms with van der Waals surface area (Å²) in [6, 6.07) is 3.31. The van der Waals surface area contributed by atoms with Gasteiger partial charge in [0.1, 0.15) is 11.5 Å². The van der Waals surface area contributed by atoms with E-state index in [0.717, 1.165) is 24.0 Å². The summed E-state index contributed by atoms with van der Waals surface area (Å²) in [6.45, 7) is 5.50. The number of hydrogen-bond donors (Lipinski definition) is 0. The van der Waals surface area contributed by atoms with Gasteiger partial charge in [0.2, 0.25) is 0 Å². The quantitative estimate of drug-likeness (QED) is 0.718. The zero-order valence-electron chi connectivity index (χ0n) is 10.0. The lowest BCUT2D eigenvalue weighted by Gasteiger charge is -2.37. The first-order valence-corrected chi connectivity index (χ1v) is 6.11. The molecule has 1 aromatic rings. The average Bonchev–Trinajstić information content (AvgIpc) is 2.83. The molecule has 0 N–H and O–H groups in total. The zero-order valence-corrected chi connectivity index (χ0v) is 10.0. The van der Waals surface area contributed by atoms with E-state index < -0.39 is 0 Å². The smallest absolute Gasteiger partial charge is 0.133 e. The van der Waals surface area contributed by atoms with Crippen LogP contribution in [0.25, 0.3) is 0 Å². The molecule has 4 heteroatoms. The van der Waals surface area contributed by atoms with Crippen LogP contribution in [0, 0.1) is 6.92 Å². The molecule has 0 bridgehead atoms. The van der Waals surface area contributed by atoms with Gasteiger partial charge in [-0.3, -0.25) is 4.90 Å². The van der Waals surface area contributed by atoms with Gasteiger partial charge in [0, 0.05) is 31.7 Å². The van der Waals surface area contributed by atoms with E-state index in [9.17, 15) is 0 Å². The summed E-state index contributed by atoms with van der Waals surface area (Å²) < 4.78 is 5.19. The Hall–Kier alpha value is -0.870. The maximum absolute atomic E-state index is 5.19. The topological polar surface area (TPSA) is 32.5 Å². The second-order valence-electron chi connectivity index (χ2n) is 5.11. The minimum atomic E-state index is 0.496. The van der Waals surface area contributed by atoms with Gasteiger partial charge in [0.05, 0.1) is 6.04 Å². The van der Waals surface area contributed by atoms with Gasteiger partial charge in [-0.05, 0) is 26.8 Å². The van der Waals surface area contributed by atoms with Crippen LogP contribution in [-0.4, -0.2) is 47.7 Å². The Kier molecular flexibility index (Phi) is 2.48. The van der Waals surface area contributed by atoms with Crippen molar-refractivity contribution < 1.29 is 4.52 Å². The number of nitrogens with zero attached hydrogens (tertiary/aromatic N) is 3. The van der Waals surface area contributed by atoms with E-state index in [1.54, 1.807) is 0 Å². The molecule has 1 aromatic heterocycles. The van der Waals surface area contributed by atoms with Crippen molar-refractivity contribution in [2.75, 3.05) is 26.7 Å². The zero-order chi connectivity index (χ0) is 11.1. The molecular formula is C12H19N3O. The molecule has 16 heavy (non-hydrogen) atoms. The monoisotopic (exact) mass is 221 g/mol. The van der Waals surface area contributed by atoms with Crippen LogP contribution in [0.4, 0.5) is 0 Å². The Morgan fingerprint density at radius 1 is 1.38 bits per heavy atom. The summed E-state index contributed by atoms with van der Waals surface area (Å²) in [7, 11) is 2.21. The van der Waals surface area contributed by atoms with Gasteiger partial charge in [-0.2, -0.15) is 0 Å². The minimum absolute atomic E-state index is 0.496. The molecule has 2 fully saturated rings. The molecule has 0 amide bonds. The Bertz CT molecular complexity index is 376. The van der Waals surface area contributed by atoms with Gasteiger partial charge in [-0.1, -0.05) is 5.16 Å². The molecule has 2 aliphatic rings. The first-order valence-electron chi connectivity index (χ1n) is 6.11. The number of hydrogen-bond acceptors (Lipinski definition) is 4. The van der Waals surface area contributed by atoms with Crippen LogP contribution in [-0.2, 0) is 0 Å². The number of likely N-dealkylation sites (N-methyl/N-ethyl adjacent to an activating group) is 1. The Labute approximate surface area is 96.2 Å². The van der Waals surface area contributed by atoms with Gasteiger partial charge < -0.3 is 9.42 Å². The third kappa shape index (κ3) is 1.66. The molecule has 2 saturated heterocycles. The van der Waals surface area contributed by atoms with Crippen molar-refractivity contribution in [3.05, 3.63) is 17.5 Å². The largest absolute Gasteiger partial charge is 0.361 e. The van der Waals surface area contributed by atoms with Gasteiger partial charge in [0.25, 0.3) is 0 Å². The molecule has 3 heterocycles. The maximum atomic E-state index is 5.19. The van der Waals surface area contributed by atoms with Crippen LogP contribution >= 0.6 is 0 Å². The van der Waals surface area contributed by atoms with Crippen molar-refractivity contribution in [2.24, 2.45) is 0 Å². The van der Waals surface area contributed by atoms with E-state index in [1.807, 2.05) is 6.92 Å². The van der Waals surface area contributed by atoms with Crippen LogP contribution in [0.2, 0.25) is 0 Å². The van der Waals surface area contributed by atoms with Crippen molar-refractivity contribution in [3.8, 4) is 0 Å². The number of aryl methyl sites for hydroxylation is 1. The van der Waals surface area contributed by atoms with Crippen LogP contribution in [0.3, 0.4) is 0 Å². The first kappa shape index (κ1) is 10.3. The van der Waals surface area contributed by atoms with Crippen molar-refractivity contribution in [1.82, 2.24) is 15.0 Å². The molecule has 0 radical (unpaired) electrons. The number of fused-ring (bicyclic) bond motifs is 1. The predicted octanol–water partition coefficient (Wildman–Crippen LogP) is 1.43. The number of piperazine rings is 1. The van der Waals surface area contributed by atoms with Crippen LogP contribution in [0.15, 0.2) is 10.6 Å². The van der Waals surface area contributed by atoms with E-state index in [0.29, 0.717) is 6.04 Å². The fourth-order valence-electron chi connectivity index (χ4n) is 3.07. The molecule has 2 atom stereocenters. The predicted molar refractivity (Wildman–Crippen MR) is 61.2 cm³/mol. The van der Waals surface area contributed by atoms with Gasteiger partial charge >= 0.3 is 0 Å². The lowest BCUT2D eigenvalue weighted by molar-refractivity contribution is 0.0912. The molecule has 0 spiro atoms. The lowest BCUT2D eigenvalue weighted by atomic mass is 10.1. The summed E-state index contributed by atoms with van der Waals surface area (Å²) >= 11 is 0. The number of aromatic nitrogens is 1. The molecule has 4 nitrogen and oxygen atoms in total. The highest BCUT2D eigenvalue weighted by atomic mass is 16.5. The molecule has 0 aliphatic carbocycles. The lowest BCUT2D eigenvalue weighted by Crippen LogP contribution is -2.49. The van der Waals surface area contributed by atoms with Crippen LogP contribution < -0.4 is 0 Å². The third-order valence-electron chi connectivity index (χ3n) is 3.89. The van der Waals surface area contributed by atoms with Crippen LogP contribution in [0.5, 0.6) is 0 Å². The fraction of sp³-hybridized carbons (Fsp3) is 0.750. The van der Waals surface area contributed by atoms with Gasteiger partial charge in [-0.25, -0.2) is 0 Å². The van der Waals surface area contributed by atoms with E-state index in [4.69, 9.17) is 4.52 Å². The molecule has 0 unspecified atom stereocenters. The second kappa shape index (κ2) is 3.86. The van der Waals surface area contributed by atoms with Crippen LogP contribution in [0.1, 0.15) is 30.3 Å². The highest BCUT2D eigenvalue weighted by Gasteiger charge is 2.38. The molecule has 88 valence electrons.